The van der Waals surface area contributed by atoms with Crippen LogP contribution in [0, 0.1) is 5.82 Å². The van der Waals surface area contributed by atoms with Gasteiger partial charge in [-0.3, -0.25) is 9.69 Å². The summed E-state index contributed by atoms with van der Waals surface area (Å²) in [7, 11) is 0. The molecule has 0 bridgehead atoms. The van der Waals surface area contributed by atoms with Crippen molar-refractivity contribution in [3.05, 3.63) is 71.4 Å². The summed E-state index contributed by atoms with van der Waals surface area (Å²) in [5.74, 6) is -0.273. The number of benzene rings is 2. The summed E-state index contributed by atoms with van der Waals surface area (Å²) in [4.78, 5) is 31.3. The molecule has 7 nitrogen and oxygen atoms in total. The number of rotatable bonds is 3. The van der Waals surface area contributed by atoms with Crippen LogP contribution in [-0.2, 0) is 23.3 Å². The molecule has 1 aliphatic heterocycles. The number of carbonyl (C=O) groups is 2. The number of hydrogen-bond acceptors (Lipinski definition) is 5. The Bertz CT molecular complexity index is 1110. The normalized spacial score (nSPS) is 20.8. The highest BCUT2D eigenvalue weighted by molar-refractivity contribution is 6.07. The fourth-order valence-electron chi connectivity index (χ4n) is 4.13. The molecule has 2 aliphatic rings. The van der Waals surface area contributed by atoms with E-state index >= 15 is 0 Å². The van der Waals surface area contributed by atoms with Crippen LogP contribution in [0.25, 0.3) is 11.4 Å². The number of amides is 3. The molecule has 1 spiro atoms. The number of aryl methyl sites for hydroxylation is 1. The van der Waals surface area contributed by atoms with Crippen LogP contribution in [0.1, 0.15) is 29.9 Å². The lowest BCUT2D eigenvalue weighted by molar-refractivity contribution is -0.132. The highest BCUT2D eigenvalue weighted by Gasteiger charge is 2.54. The van der Waals surface area contributed by atoms with Crippen molar-refractivity contribution in [3.63, 3.8) is 0 Å². The minimum Gasteiger partial charge on any atom is -0.337 e. The lowest BCUT2D eigenvalue weighted by atomic mass is 9.76. The molecule has 1 aliphatic carbocycles. The van der Waals surface area contributed by atoms with E-state index in [1.54, 1.807) is 0 Å². The number of imide groups is 1. The molecule has 0 saturated carbocycles. The van der Waals surface area contributed by atoms with Crippen LogP contribution in [0.15, 0.2) is 53.1 Å². The number of nitrogens with one attached hydrogen (secondary N) is 1. The summed E-state index contributed by atoms with van der Waals surface area (Å²) in [6.07, 6.45) is 2.24. The molecule has 146 valence electrons. The third-order valence-corrected chi connectivity index (χ3v) is 5.51. The first-order chi connectivity index (χ1) is 14.1. The van der Waals surface area contributed by atoms with Crippen LogP contribution in [0.5, 0.6) is 0 Å². The number of nitrogens with zero attached hydrogens (tertiary/aromatic N) is 3. The van der Waals surface area contributed by atoms with Gasteiger partial charge >= 0.3 is 6.03 Å². The smallest absolute Gasteiger partial charge is 0.325 e. The average molecular weight is 392 g/mol. The zero-order valence-electron chi connectivity index (χ0n) is 15.4. The van der Waals surface area contributed by atoms with Gasteiger partial charge in [0.05, 0.1) is 0 Å². The summed E-state index contributed by atoms with van der Waals surface area (Å²) in [6, 6.07) is 12.9. The van der Waals surface area contributed by atoms with E-state index in [0.717, 1.165) is 28.9 Å². The number of aromatic nitrogens is 2. The standard InChI is InChI=1S/C21H17FN4O3/c22-15-9-7-14(8-10-15)18-23-17(29-25-18)12-26-19(27)21(24-20(26)28)11-3-5-13-4-1-2-6-16(13)21/h1-2,4,6-10H,3,5,11-12H2,(H,24,28)/t21-/m0/s1. The molecule has 1 atom stereocenters. The molecule has 29 heavy (non-hydrogen) atoms. The van der Waals surface area contributed by atoms with E-state index in [-0.39, 0.29) is 30.0 Å². The SMILES string of the molecule is O=C1N[C@]2(CCCc3ccccc32)C(=O)N1Cc1nc(-c2ccc(F)cc2)no1. The molecular weight excluding hydrogens is 375 g/mol. The van der Waals surface area contributed by atoms with Crippen molar-refractivity contribution < 1.29 is 18.5 Å². The minimum absolute atomic E-state index is 0.122. The topological polar surface area (TPSA) is 88.3 Å². The van der Waals surface area contributed by atoms with Crippen molar-refractivity contribution >= 4 is 11.9 Å². The maximum atomic E-state index is 13.3. The Kier molecular flexibility index (Phi) is 3.94. The number of halogens is 1. The third-order valence-electron chi connectivity index (χ3n) is 5.51. The van der Waals surface area contributed by atoms with Crippen molar-refractivity contribution in [1.29, 1.82) is 0 Å². The van der Waals surface area contributed by atoms with E-state index in [2.05, 4.69) is 15.5 Å². The lowest BCUT2D eigenvalue weighted by Crippen LogP contribution is -2.46. The van der Waals surface area contributed by atoms with E-state index in [0.29, 0.717) is 12.0 Å². The van der Waals surface area contributed by atoms with Gasteiger partial charge in [0.2, 0.25) is 11.7 Å². The van der Waals surface area contributed by atoms with E-state index in [9.17, 15) is 14.0 Å². The number of fused-ring (bicyclic) bond motifs is 2. The maximum Gasteiger partial charge on any atom is 0.325 e. The van der Waals surface area contributed by atoms with Crippen molar-refractivity contribution in [1.82, 2.24) is 20.4 Å². The van der Waals surface area contributed by atoms with Gasteiger partial charge < -0.3 is 9.84 Å². The van der Waals surface area contributed by atoms with Crippen molar-refractivity contribution in [2.45, 2.75) is 31.3 Å². The van der Waals surface area contributed by atoms with E-state index in [1.165, 1.54) is 24.3 Å². The molecule has 0 radical (unpaired) electrons. The Labute approximate surface area is 165 Å². The maximum absolute atomic E-state index is 13.3. The van der Waals surface area contributed by atoms with Gasteiger partial charge in [-0.05, 0) is 54.7 Å². The van der Waals surface area contributed by atoms with Crippen molar-refractivity contribution in [2.75, 3.05) is 0 Å². The number of carbonyl (C=O) groups excluding carboxylic acids is 2. The largest absolute Gasteiger partial charge is 0.337 e. The highest BCUT2D eigenvalue weighted by atomic mass is 19.1. The molecule has 1 saturated heterocycles. The third kappa shape index (κ3) is 2.79. The Balaban J connectivity index is 1.42. The van der Waals surface area contributed by atoms with Gasteiger partial charge in [-0.2, -0.15) is 4.98 Å². The second-order valence-corrected chi connectivity index (χ2v) is 7.26. The molecule has 1 aromatic heterocycles. The van der Waals surface area contributed by atoms with Gasteiger partial charge in [-0.1, -0.05) is 29.4 Å². The first-order valence-corrected chi connectivity index (χ1v) is 9.38. The molecule has 0 unspecified atom stereocenters. The first kappa shape index (κ1) is 17.5. The summed E-state index contributed by atoms with van der Waals surface area (Å²) < 4.78 is 18.3. The molecule has 3 aromatic rings. The minimum atomic E-state index is -1.04. The van der Waals surface area contributed by atoms with Gasteiger partial charge in [0, 0.05) is 5.56 Å². The zero-order valence-corrected chi connectivity index (χ0v) is 15.4. The molecule has 2 aromatic carbocycles. The summed E-state index contributed by atoms with van der Waals surface area (Å²) in [5.41, 5.74) is 1.47. The molecule has 1 N–H and O–H groups in total. The molecule has 1 fully saturated rings. The van der Waals surface area contributed by atoms with Crippen LogP contribution in [0.2, 0.25) is 0 Å². The Morgan fingerprint density at radius 3 is 2.76 bits per heavy atom. The molecule has 2 heterocycles. The van der Waals surface area contributed by atoms with Gasteiger partial charge in [0.25, 0.3) is 5.91 Å². The summed E-state index contributed by atoms with van der Waals surface area (Å²) >= 11 is 0. The van der Waals surface area contributed by atoms with Crippen LogP contribution in [0.3, 0.4) is 0 Å². The van der Waals surface area contributed by atoms with Gasteiger partial charge in [0.15, 0.2) is 0 Å². The van der Waals surface area contributed by atoms with Gasteiger partial charge in [-0.25, -0.2) is 9.18 Å². The average Bonchev–Trinajstić information content (AvgIpc) is 3.29. The van der Waals surface area contributed by atoms with Crippen molar-refractivity contribution in [3.8, 4) is 11.4 Å². The van der Waals surface area contributed by atoms with Gasteiger partial charge in [0.1, 0.15) is 17.9 Å². The Hall–Kier alpha value is -3.55. The fourth-order valence-corrected chi connectivity index (χ4v) is 4.13. The molecule has 3 amide bonds. The molecular formula is C21H17FN4O3. The first-order valence-electron chi connectivity index (χ1n) is 9.38. The number of hydrogen-bond donors (Lipinski definition) is 1. The summed E-state index contributed by atoms with van der Waals surface area (Å²) in [5, 5.41) is 6.77. The predicted octanol–water partition coefficient (Wildman–Crippen LogP) is 3.16. The Morgan fingerprint density at radius 1 is 1.14 bits per heavy atom. The molecule has 8 heteroatoms. The summed E-state index contributed by atoms with van der Waals surface area (Å²) in [6.45, 7) is -0.122. The second kappa shape index (κ2) is 6.51. The highest BCUT2D eigenvalue weighted by Crippen LogP contribution is 2.40. The Morgan fingerprint density at radius 2 is 1.93 bits per heavy atom. The number of urea groups is 1. The van der Waals surface area contributed by atoms with E-state index in [1.807, 2.05) is 24.3 Å². The van der Waals surface area contributed by atoms with Crippen LogP contribution < -0.4 is 5.32 Å². The quantitative estimate of drug-likeness (QED) is 0.692. The lowest BCUT2D eigenvalue weighted by Gasteiger charge is -2.33. The van der Waals surface area contributed by atoms with Crippen molar-refractivity contribution in [2.24, 2.45) is 0 Å². The second-order valence-electron chi connectivity index (χ2n) is 7.26. The molecule has 5 rings (SSSR count). The van der Waals surface area contributed by atoms with Crippen LogP contribution in [-0.4, -0.2) is 27.0 Å². The zero-order chi connectivity index (χ0) is 20.0. The van der Waals surface area contributed by atoms with Gasteiger partial charge in [-0.15, -0.1) is 0 Å². The van der Waals surface area contributed by atoms with E-state index < -0.39 is 11.6 Å². The predicted molar refractivity (Wildman–Crippen MR) is 99.8 cm³/mol. The van der Waals surface area contributed by atoms with Crippen LogP contribution >= 0.6 is 0 Å². The fraction of sp³-hybridized carbons (Fsp3) is 0.238. The monoisotopic (exact) mass is 392 g/mol. The van der Waals surface area contributed by atoms with Crippen LogP contribution in [0.4, 0.5) is 9.18 Å². The van der Waals surface area contributed by atoms with E-state index in [4.69, 9.17) is 4.52 Å².